The summed E-state index contributed by atoms with van der Waals surface area (Å²) in [7, 11) is 1.45. The van der Waals surface area contributed by atoms with Crippen LogP contribution in [0.15, 0.2) is 18.2 Å². The Bertz CT molecular complexity index is 950. The molecule has 0 aliphatic carbocycles. The molecular weight excluding hydrogens is 350 g/mol. The number of aromatic nitrogens is 2. The third kappa shape index (κ3) is 4.55. The second-order valence-electron chi connectivity index (χ2n) is 5.14. The average Bonchev–Trinajstić information content (AvgIpc) is 3.05. The molecule has 2 rings (SSSR count). The lowest BCUT2D eigenvalue weighted by Crippen LogP contribution is -2.14. The number of benzene rings is 1. The predicted molar refractivity (Wildman–Crippen MR) is 96.3 cm³/mol. The van der Waals surface area contributed by atoms with Gasteiger partial charge in [-0.05, 0) is 30.7 Å². The van der Waals surface area contributed by atoms with Crippen LogP contribution in [0, 0.1) is 22.7 Å². The predicted octanol–water partition coefficient (Wildman–Crippen LogP) is 1.88. The first-order valence-electron chi connectivity index (χ1n) is 7.86. The van der Waals surface area contributed by atoms with Crippen molar-refractivity contribution in [2.45, 2.75) is 6.92 Å². The molecule has 1 heterocycles. The van der Waals surface area contributed by atoms with Crippen LogP contribution in [-0.2, 0) is 9.53 Å². The number of esters is 1. The number of nitrogens with one attached hydrogen (secondary N) is 1. The van der Waals surface area contributed by atoms with E-state index in [4.69, 9.17) is 25.2 Å². The molecule has 0 atom stereocenters. The van der Waals surface area contributed by atoms with Gasteiger partial charge >= 0.3 is 5.97 Å². The number of allylic oxidation sites excluding steroid dienone is 1. The van der Waals surface area contributed by atoms with E-state index < -0.39 is 5.97 Å². The molecule has 9 nitrogen and oxygen atoms in total. The number of carbonyl (C=O) groups excluding carboxylic acids is 1. The number of ether oxygens (including phenoxy) is 3. The molecule has 0 fully saturated rings. The van der Waals surface area contributed by atoms with E-state index in [-0.39, 0.29) is 35.9 Å². The van der Waals surface area contributed by atoms with Crippen LogP contribution in [0.5, 0.6) is 11.5 Å². The van der Waals surface area contributed by atoms with Gasteiger partial charge in [0.1, 0.15) is 17.7 Å². The maximum absolute atomic E-state index is 11.4. The van der Waals surface area contributed by atoms with Crippen LogP contribution in [0.25, 0.3) is 11.6 Å². The molecular formula is C18H17N5O4. The fourth-order valence-corrected chi connectivity index (χ4v) is 2.22. The molecule has 138 valence electrons. The zero-order valence-corrected chi connectivity index (χ0v) is 14.8. The zero-order chi connectivity index (χ0) is 19.8. The van der Waals surface area contributed by atoms with Gasteiger partial charge in [0.25, 0.3) is 0 Å². The number of rotatable bonds is 7. The van der Waals surface area contributed by atoms with Crippen LogP contribution >= 0.6 is 0 Å². The van der Waals surface area contributed by atoms with Crippen molar-refractivity contribution in [3.63, 3.8) is 0 Å². The molecule has 0 spiro atoms. The minimum atomic E-state index is -0.490. The van der Waals surface area contributed by atoms with E-state index in [1.54, 1.807) is 31.2 Å². The Morgan fingerprint density at radius 1 is 1.37 bits per heavy atom. The Labute approximate surface area is 155 Å². The van der Waals surface area contributed by atoms with Crippen LogP contribution in [0.3, 0.4) is 0 Å². The van der Waals surface area contributed by atoms with Gasteiger partial charge in [-0.3, -0.25) is 5.10 Å². The van der Waals surface area contributed by atoms with Gasteiger partial charge in [0.05, 0.1) is 25.0 Å². The van der Waals surface area contributed by atoms with E-state index in [9.17, 15) is 10.1 Å². The van der Waals surface area contributed by atoms with Crippen molar-refractivity contribution in [3.8, 4) is 23.6 Å². The molecule has 1 aromatic heterocycles. The smallest absolute Gasteiger partial charge is 0.344 e. The fraction of sp³-hybridized carbons (Fsp3) is 0.222. The third-order valence-electron chi connectivity index (χ3n) is 3.45. The topological polar surface area (TPSA) is 147 Å². The van der Waals surface area contributed by atoms with Gasteiger partial charge in [0, 0.05) is 0 Å². The molecule has 2 aromatic rings. The summed E-state index contributed by atoms with van der Waals surface area (Å²) in [5.41, 5.74) is 6.74. The molecule has 0 aliphatic heterocycles. The molecule has 0 saturated carbocycles. The molecule has 27 heavy (non-hydrogen) atoms. The lowest BCUT2D eigenvalue weighted by molar-refractivity contribution is -0.145. The standard InChI is InChI=1S/C18H17N5O4/c1-3-26-16(24)10-27-14-5-4-11(7-15(14)25-2)6-12(8-19)17-13(9-20)18(21)23-22-17/h4-7H,3,10H2,1-2H3,(H3,21,22,23). The number of hydrogen-bond donors (Lipinski definition) is 2. The highest BCUT2D eigenvalue weighted by molar-refractivity contribution is 5.91. The van der Waals surface area contributed by atoms with Gasteiger partial charge in [0.2, 0.25) is 0 Å². The van der Waals surface area contributed by atoms with Crippen LogP contribution in [-0.4, -0.2) is 36.5 Å². The second-order valence-corrected chi connectivity index (χ2v) is 5.14. The normalized spacial score (nSPS) is 10.6. The van der Waals surface area contributed by atoms with Crippen LogP contribution in [0.2, 0.25) is 0 Å². The van der Waals surface area contributed by atoms with Crippen molar-refractivity contribution >= 4 is 23.4 Å². The molecule has 0 bridgehead atoms. The summed E-state index contributed by atoms with van der Waals surface area (Å²) in [6, 6.07) is 8.83. The Kier molecular flexibility index (Phi) is 6.39. The van der Waals surface area contributed by atoms with Crippen molar-refractivity contribution in [1.82, 2.24) is 10.2 Å². The van der Waals surface area contributed by atoms with Crippen molar-refractivity contribution < 1.29 is 19.0 Å². The van der Waals surface area contributed by atoms with Gasteiger partial charge in [0.15, 0.2) is 23.9 Å². The Hall–Kier alpha value is -3.98. The maximum Gasteiger partial charge on any atom is 0.344 e. The molecule has 1 aromatic carbocycles. The van der Waals surface area contributed by atoms with Gasteiger partial charge in [-0.25, -0.2) is 4.79 Å². The largest absolute Gasteiger partial charge is 0.493 e. The van der Waals surface area contributed by atoms with E-state index in [1.165, 1.54) is 7.11 Å². The molecule has 0 unspecified atom stereocenters. The number of aromatic amines is 1. The number of H-pyrrole nitrogens is 1. The first-order valence-corrected chi connectivity index (χ1v) is 7.86. The number of nitrogen functional groups attached to an aromatic ring is 1. The van der Waals surface area contributed by atoms with Crippen molar-refractivity contribution in [1.29, 1.82) is 10.5 Å². The summed E-state index contributed by atoms with van der Waals surface area (Å²) in [6.07, 6.45) is 1.55. The minimum Gasteiger partial charge on any atom is -0.493 e. The summed E-state index contributed by atoms with van der Waals surface area (Å²) >= 11 is 0. The summed E-state index contributed by atoms with van der Waals surface area (Å²) in [6.45, 7) is 1.72. The van der Waals surface area contributed by atoms with Crippen LogP contribution in [0.4, 0.5) is 5.82 Å². The minimum absolute atomic E-state index is 0.0222. The quantitative estimate of drug-likeness (QED) is 0.557. The van der Waals surface area contributed by atoms with Crippen LogP contribution < -0.4 is 15.2 Å². The molecule has 9 heteroatoms. The number of carbonyl (C=O) groups is 1. The van der Waals surface area contributed by atoms with Crippen molar-refractivity contribution in [2.24, 2.45) is 0 Å². The SMILES string of the molecule is CCOC(=O)COc1ccc(C=C(C#N)c2[nH]nc(N)c2C#N)cc1OC. The van der Waals surface area contributed by atoms with Crippen molar-refractivity contribution in [3.05, 3.63) is 35.0 Å². The van der Waals surface area contributed by atoms with Crippen molar-refractivity contribution in [2.75, 3.05) is 26.1 Å². The monoisotopic (exact) mass is 367 g/mol. The highest BCUT2D eigenvalue weighted by Gasteiger charge is 2.15. The lowest BCUT2D eigenvalue weighted by atomic mass is 10.1. The summed E-state index contributed by atoms with van der Waals surface area (Å²) in [5, 5.41) is 24.9. The Balaban J connectivity index is 2.30. The lowest BCUT2D eigenvalue weighted by Gasteiger charge is -2.11. The Morgan fingerprint density at radius 2 is 2.15 bits per heavy atom. The number of anilines is 1. The molecule has 0 saturated heterocycles. The van der Waals surface area contributed by atoms with E-state index in [0.717, 1.165) is 0 Å². The van der Waals surface area contributed by atoms with Gasteiger partial charge in [-0.15, -0.1) is 0 Å². The number of nitrogens with two attached hydrogens (primary N) is 1. The number of nitriles is 2. The molecule has 0 amide bonds. The molecule has 0 radical (unpaired) electrons. The third-order valence-corrected chi connectivity index (χ3v) is 3.45. The first-order chi connectivity index (χ1) is 13.0. The highest BCUT2D eigenvalue weighted by atomic mass is 16.6. The summed E-state index contributed by atoms with van der Waals surface area (Å²) in [4.78, 5) is 11.4. The van der Waals surface area contributed by atoms with Crippen LogP contribution in [0.1, 0.15) is 23.7 Å². The number of nitrogens with zero attached hydrogens (tertiary/aromatic N) is 3. The van der Waals surface area contributed by atoms with Gasteiger partial charge in [-0.1, -0.05) is 6.07 Å². The summed E-state index contributed by atoms with van der Waals surface area (Å²) < 4.78 is 15.5. The molecule has 0 aliphatic rings. The van der Waals surface area contributed by atoms with E-state index >= 15 is 0 Å². The Morgan fingerprint density at radius 3 is 2.78 bits per heavy atom. The maximum atomic E-state index is 11.4. The van der Waals surface area contributed by atoms with E-state index in [0.29, 0.717) is 17.1 Å². The zero-order valence-electron chi connectivity index (χ0n) is 14.8. The average molecular weight is 367 g/mol. The summed E-state index contributed by atoms with van der Waals surface area (Å²) in [5.74, 6) is 0.254. The second kappa shape index (κ2) is 8.92. The van der Waals surface area contributed by atoms with Gasteiger partial charge in [-0.2, -0.15) is 15.6 Å². The van der Waals surface area contributed by atoms with Gasteiger partial charge < -0.3 is 19.9 Å². The number of methoxy groups -OCH3 is 1. The first kappa shape index (κ1) is 19.3. The molecule has 3 N–H and O–H groups in total. The number of hydrogen-bond acceptors (Lipinski definition) is 8. The van der Waals surface area contributed by atoms with E-state index in [1.807, 2.05) is 12.1 Å². The fourth-order valence-electron chi connectivity index (χ4n) is 2.22. The highest BCUT2D eigenvalue weighted by Crippen LogP contribution is 2.30. The van der Waals surface area contributed by atoms with E-state index in [2.05, 4.69) is 10.2 Å².